The molecule has 0 bridgehead atoms. The molecule has 30 heavy (non-hydrogen) atoms. The Kier molecular flexibility index (Phi) is 8.33. The standard InChI is InChI=1S/C21H28O9/c1-5-8-18(24)28-16(11-22)19-17(29-21(3,4)30-19)12-26-20(25)14-9-6-7-10-15(14)27-13(2)23/h6-7,9-10,16-17,19,22H,5,8,11-12H2,1-4H3/t16-,17+,19+/m1/s1. The van der Waals surface area contributed by atoms with E-state index in [2.05, 4.69) is 0 Å². The lowest BCUT2D eigenvalue weighted by atomic mass is 10.1. The highest BCUT2D eigenvalue weighted by molar-refractivity contribution is 5.93. The number of para-hydroxylation sites is 1. The Bertz CT molecular complexity index is 759. The van der Waals surface area contributed by atoms with Gasteiger partial charge in [-0.2, -0.15) is 0 Å². The van der Waals surface area contributed by atoms with E-state index in [4.69, 9.17) is 23.7 Å². The zero-order valence-electron chi connectivity index (χ0n) is 17.6. The summed E-state index contributed by atoms with van der Waals surface area (Å²) in [6.07, 6.45) is -1.77. The Morgan fingerprint density at radius 2 is 1.90 bits per heavy atom. The van der Waals surface area contributed by atoms with Crippen LogP contribution in [0, 0.1) is 0 Å². The third kappa shape index (κ3) is 6.51. The normalized spacial score (nSPS) is 21.0. The lowest BCUT2D eigenvalue weighted by molar-refractivity contribution is -0.174. The van der Waals surface area contributed by atoms with Crippen LogP contribution in [-0.2, 0) is 28.5 Å². The van der Waals surface area contributed by atoms with Crippen LogP contribution in [0.15, 0.2) is 24.3 Å². The quantitative estimate of drug-likeness (QED) is 0.469. The molecule has 0 amide bonds. The minimum absolute atomic E-state index is 0.0792. The molecular formula is C21H28O9. The van der Waals surface area contributed by atoms with E-state index in [1.54, 1.807) is 26.0 Å². The van der Waals surface area contributed by atoms with E-state index in [9.17, 15) is 19.5 Å². The molecule has 1 saturated heterocycles. The molecule has 0 aromatic heterocycles. The summed E-state index contributed by atoms with van der Waals surface area (Å²) in [4.78, 5) is 35.6. The van der Waals surface area contributed by atoms with E-state index < -0.39 is 48.6 Å². The first-order chi connectivity index (χ1) is 14.2. The average Bonchev–Trinajstić information content (AvgIpc) is 2.98. The molecule has 3 atom stereocenters. The molecule has 1 aliphatic heterocycles. The van der Waals surface area contributed by atoms with Crippen molar-refractivity contribution in [3.05, 3.63) is 29.8 Å². The fraction of sp³-hybridized carbons (Fsp3) is 0.571. The van der Waals surface area contributed by atoms with Crippen LogP contribution in [0.3, 0.4) is 0 Å². The van der Waals surface area contributed by atoms with Crippen molar-refractivity contribution in [3.8, 4) is 5.75 Å². The maximum absolute atomic E-state index is 12.5. The van der Waals surface area contributed by atoms with E-state index >= 15 is 0 Å². The van der Waals surface area contributed by atoms with Crippen molar-refractivity contribution in [3.63, 3.8) is 0 Å². The minimum atomic E-state index is -1.03. The van der Waals surface area contributed by atoms with Gasteiger partial charge in [0.25, 0.3) is 0 Å². The largest absolute Gasteiger partial charge is 0.459 e. The molecule has 0 saturated carbocycles. The number of aliphatic hydroxyl groups excluding tert-OH is 1. The molecule has 9 nitrogen and oxygen atoms in total. The van der Waals surface area contributed by atoms with Crippen molar-refractivity contribution in [2.45, 2.75) is 64.6 Å². The summed E-state index contributed by atoms with van der Waals surface area (Å²) in [6, 6.07) is 6.18. The summed E-state index contributed by atoms with van der Waals surface area (Å²) < 4.78 is 27.3. The molecule has 1 N–H and O–H groups in total. The van der Waals surface area contributed by atoms with Crippen LogP contribution < -0.4 is 4.74 Å². The lowest BCUT2D eigenvalue weighted by Gasteiger charge is -2.25. The number of carbonyl (C=O) groups excluding carboxylic acids is 3. The first kappa shape index (κ1) is 23.8. The molecule has 1 aromatic carbocycles. The first-order valence-electron chi connectivity index (χ1n) is 9.77. The fourth-order valence-electron chi connectivity index (χ4n) is 3.06. The average molecular weight is 424 g/mol. The molecule has 0 unspecified atom stereocenters. The van der Waals surface area contributed by atoms with Crippen LogP contribution in [0.5, 0.6) is 5.75 Å². The van der Waals surface area contributed by atoms with Crippen LogP contribution in [0.1, 0.15) is 50.9 Å². The number of carbonyl (C=O) groups is 3. The second kappa shape index (κ2) is 10.5. The van der Waals surface area contributed by atoms with Crippen LogP contribution in [-0.4, -0.2) is 60.3 Å². The van der Waals surface area contributed by atoms with Crippen LogP contribution >= 0.6 is 0 Å². The molecule has 0 radical (unpaired) electrons. The van der Waals surface area contributed by atoms with Crippen molar-refractivity contribution >= 4 is 17.9 Å². The lowest BCUT2D eigenvalue weighted by Crippen LogP contribution is -2.43. The predicted octanol–water partition coefficient (Wildman–Crippen LogP) is 1.99. The number of esters is 3. The second-order valence-electron chi connectivity index (χ2n) is 7.29. The first-order valence-corrected chi connectivity index (χ1v) is 9.77. The van der Waals surface area contributed by atoms with Gasteiger partial charge in [0.2, 0.25) is 0 Å². The monoisotopic (exact) mass is 424 g/mol. The Hall–Kier alpha value is -2.49. The van der Waals surface area contributed by atoms with E-state index in [0.29, 0.717) is 6.42 Å². The third-order valence-corrected chi connectivity index (χ3v) is 4.24. The summed E-state index contributed by atoms with van der Waals surface area (Å²) in [5.41, 5.74) is 0.0792. The minimum Gasteiger partial charge on any atom is -0.459 e. The van der Waals surface area contributed by atoms with E-state index in [-0.39, 0.29) is 24.3 Å². The Balaban J connectivity index is 2.09. The zero-order chi connectivity index (χ0) is 22.3. The second-order valence-corrected chi connectivity index (χ2v) is 7.29. The van der Waals surface area contributed by atoms with Gasteiger partial charge in [0.15, 0.2) is 11.9 Å². The summed E-state index contributed by atoms with van der Waals surface area (Å²) in [5, 5.41) is 9.70. The molecule has 0 aliphatic carbocycles. The van der Waals surface area contributed by atoms with Crippen molar-refractivity contribution in [1.29, 1.82) is 0 Å². The molecular weight excluding hydrogens is 396 g/mol. The van der Waals surface area contributed by atoms with Gasteiger partial charge in [0.05, 0.1) is 6.61 Å². The summed E-state index contributed by atoms with van der Waals surface area (Å²) >= 11 is 0. The van der Waals surface area contributed by atoms with Gasteiger partial charge in [-0.05, 0) is 32.4 Å². The molecule has 0 spiro atoms. The summed E-state index contributed by atoms with van der Waals surface area (Å²) in [5.74, 6) is -2.69. The zero-order valence-corrected chi connectivity index (χ0v) is 17.6. The van der Waals surface area contributed by atoms with Gasteiger partial charge in [0, 0.05) is 13.3 Å². The topological polar surface area (TPSA) is 118 Å². The molecule has 166 valence electrons. The van der Waals surface area contributed by atoms with Gasteiger partial charge in [-0.1, -0.05) is 19.1 Å². The fourth-order valence-corrected chi connectivity index (χ4v) is 3.06. The van der Waals surface area contributed by atoms with Crippen molar-refractivity contribution in [2.75, 3.05) is 13.2 Å². The van der Waals surface area contributed by atoms with Gasteiger partial charge < -0.3 is 28.8 Å². The van der Waals surface area contributed by atoms with Gasteiger partial charge in [0.1, 0.15) is 30.1 Å². The SMILES string of the molecule is CCCC(=O)O[C@H](CO)[C@@H]1OC(C)(C)O[C@H]1COC(=O)c1ccccc1OC(C)=O. The van der Waals surface area contributed by atoms with Crippen molar-refractivity contribution < 1.29 is 43.2 Å². The van der Waals surface area contributed by atoms with Gasteiger partial charge in [-0.15, -0.1) is 0 Å². The highest BCUT2D eigenvalue weighted by atomic mass is 16.8. The number of hydrogen-bond acceptors (Lipinski definition) is 9. The number of ether oxygens (including phenoxy) is 5. The van der Waals surface area contributed by atoms with E-state index in [0.717, 1.165) is 0 Å². The number of hydrogen-bond donors (Lipinski definition) is 1. The highest BCUT2D eigenvalue weighted by Gasteiger charge is 2.47. The van der Waals surface area contributed by atoms with Crippen molar-refractivity contribution in [1.82, 2.24) is 0 Å². The Morgan fingerprint density at radius 3 is 2.53 bits per heavy atom. The Labute approximate surface area is 175 Å². The number of aliphatic hydroxyl groups is 1. The van der Waals surface area contributed by atoms with Gasteiger partial charge in [-0.3, -0.25) is 9.59 Å². The van der Waals surface area contributed by atoms with E-state index in [1.807, 2.05) is 6.92 Å². The maximum Gasteiger partial charge on any atom is 0.342 e. The summed E-state index contributed by atoms with van der Waals surface area (Å²) in [6.45, 7) is 5.71. The van der Waals surface area contributed by atoms with Gasteiger partial charge >= 0.3 is 17.9 Å². The van der Waals surface area contributed by atoms with Crippen LogP contribution in [0.4, 0.5) is 0 Å². The number of benzene rings is 1. The van der Waals surface area contributed by atoms with E-state index in [1.165, 1.54) is 19.1 Å². The summed E-state index contributed by atoms with van der Waals surface area (Å²) in [7, 11) is 0. The molecule has 2 rings (SSSR count). The molecule has 1 aliphatic rings. The van der Waals surface area contributed by atoms with Crippen LogP contribution in [0.2, 0.25) is 0 Å². The molecule has 9 heteroatoms. The number of rotatable bonds is 9. The Morgan fingerprint density at radius 1 is 1.20 bits per heavy atom. The van der Waals surface area contributed by atoms with Crippen molar-refractivity contribution in [2.24, 2.45) is 0 Å². The third-order valence-electron chi connectivity index (χ3n) is 4.24. The molecule has 1 fully saturated rings. The highest BCUT2D eigenvalue weighted by Crippen LogP contribution is 2.32. The maximum atomic E-state index is 12.5. The van der Waals surface area contributed by atoms with Crippen LogP contribution in [0.25, 0.3) is 0 Å². The molecule has 1 heterocycles. The van der Waals surface area contributed by atoms with Gasteiger partial charge in [-0.25, -0.2) is 4.79 Å². The smallest absolute Gasteiger partial charge is 0.342 e. The predicted molar refractivity (Wildman–Crippen MR) is 104 cm³/mol. The molecule has 1 aromatic rings.